The molecule has 0 aromatic carbocycles. The van der Waals surface area contributed by atoms with Gasteiger partial charge in [-0.1, -0.05) is 11.3 Å². The number of nitrogens with zero attached hydrogens (tertiary/aromatic N) is 3. The van der Waals surface area contributed by atoms with Crippen LogP contribution >= 0.6 is 11.3 Å². The van der Waals surface area contributed by atoms with Gasteiger partial charge in [-0.3, -0.25) is 25.4 Å². The van der Waals surface area contributed by atoms with E-state index >= 15 is 0 Å². The second-order valence-electron chi connectivity index (χ2n) is 5.85. The SMILES string of the molecule is Cc1nc(N2CCOCC2)sc1C(=O)NNC(=O)c1ccc(C(F)(F)F)nc1. The monoisotopic (exact) mass is 415 g/mol. The van der Waals surface area contributed by atoms with Crippen LogP contribution in [0.4, 0.5) is 18.3 Å². The van der Waals surface area contributed by atoms with Crippen molar-refractivity contribution in [2.24, 2.45) is 0 Å². The summed E-state index contributed by atoms with van der Waals surface area (Å²) in [5, 5.41) is 0.684. The van der Waals surface area contributed by atoms with Gasteiger partial charge in [0.2, 0.25) is 0 Å². The molecule has 0 saturated carbocycles. The zero-order chi connectivity index (χ0) is 20.3. The van der Waals surface area contributed by atoms with E-state index < -0.39 is 23.7 Å². The van der Waals surface area contributed by atoms with E-state index in [-0.39, 0.29) is 5.56 Å². The first kappa shape index (κ1) is 20.0. The van der Waals surface area contributed by atoms with Gasteiger partial charge in [-0.05, 0) is 19.1 Å². The van der Waals surface area contributed by atoms with Gasteiger partial charge in [-0.15, -0.1) is 0 Å². The zero-order valence-corrected chi connectivity index (χ0v) is 15.5. The molecular formula is C16H16F3N5O3S. The fourth-order valence-electron chi connectivity index (χ4n) is 2.42. The minimum atomic E-state index is -4.59. The number of rotatable bonds is 3. The Morgan fingerprint density at radius 3 is 2.46 bits per heavy atom. The van der Waals surface area contributed by atoms with Crippen molar-refractivity contribution < 1.29 is 27.5 Å². The Labute approximate surface area is 161 Å². The molecular weight excluding hydrogens is 399 g/mol. The van der Waals surface area contributed by atoms with Crippen molar-refractivity contribution in [3.05, 3.63) is 40.2 Å². The molecule has 0 bridgehead atoms. The van der Waals surface area contributed by atoms with Crippen LogP contribution in [-0.2, 0) is 10.9 Å². The predicted molar refractivity (Wildman–Crippen MR) is 94.1 cm³/mol. The second-order valence-corrected chi connectivity index (χ2v) is 6.83. The van der Waals surface area contributed by atoms with Gasteiger partial charge in [0.05, 0.1) is 24.5 Å². The summed E-state index contributed by atoms with van der Waals surface area (Å²) < 4.78 is 42.8. The predicted octanol–water partition coefficient (Wildman–Crippen LogP) is 1.78. The molecule has 0 radical (unpaired) electrons. The maximum atomic E-state index is 12.5. The molecule has 2 aromatic heterocycles. The van der Waals surface area contributed by atoms with Gasteiger partial charge in [0.15, 0.2) is 5.13 Å². The highest BCUT2D eigenvalue weighted by Crippen LogP contribution is 2.27. The number of alkyl halides is 3. The summed E-state index contributed by atoms with van der Waals surface area (Å²) in [5.74, 6) is -1.35. The van der Waals surface area contributed by atoms with Crippen molar-refractivity contribution in [1.29, 1.82) is 0 Å². The molecule has 2 aromatic rings. The van der Waals surface area contributed by atoms with Gasteiger partial charge < -0.3 is 9.64 Å². The number of morpholine rings is 1. The number of pyridine rings is 1. The number of hydrogen-bond donors (Lipinski definition) is 2. The molecule has 2 amide bonds. The molecule has 150 valence electrons. The molecule has 0 unspecified atom stereocenters. The van der Waals surface area contributed by atoms with Crippen LogP contribution in [0.5, 0.6) is 0 Å². The summed E-state index contributed by atoms with van der Waals surface area (Å²) in [5.41, 5.74) is 3.67. The lowest BCUT2D eigenvalue weighted by molar-refractivity contribution is -0.141. The highest BCUT2D eigenvalue weighted by Gasteiger charge is 2.32. The molecule has 12 heteroatoms. The Hall–Kier alpha value is -2.73. The number of carbonyl (C=O) groups excluding carboxylic acids is 2. The van der Waals surface area contributed by atoms with Crippen LogP contribution in [0.25, 0.3) is 0 Å². The Bertz CT molecular complexity index is 863. The number of hydrazine groups is 1. The molecule has 1 fully saturated rings. The van der Waals surface area contributed by atoms with E-state index in [0.717, 1.165) is 12.3 Å². The number of hydrogen-bond acceptors (Lipinski definition) is 7. The van der Waals surface area contributed by atoms with Gasteiger partial charge in [-0.2, -0.15) is 13.2 Å². The molecule has 0 atom stereocenters. The molecule has 1 aliphatic rings. The van der Waals surface area contributed by atoms with Crippen LogP contribution < -0.4 is 15.8 Å². The average molecular weight is 415 g/mol. The molecule has 1 aliphatic heterocycles. The Balaban J connectivity index is 1.60. The first-order valence-corrected chi connectivity index (χ1v) is 9.01. The molecule has 3 rings (SSSR count). The quantitative estimate of drug-likeness (QED) is 0.742. The van der Waals surface area contributed by atoms with E-state index in [9.17, 15) is 22.8 Å². The molecule has 0 spiro atoms. The van der Waals surface area contributed by atoms with Crippen LogP contribution in [0.1, 0.15) is 31.4 Å². The second kappa shape index (κ2) is 8.10. The minimum absolute atomic E-state index is 0.122. The summed E-state index contributed by atoms with van der Waals surface area (Å²) in [7, 11) is 0. The number of amides is 2. The highest BCUT2D eigenvalue weighted by molar-refractivity contribution is 7.17. The van der Waals surface area contributed by atoms with Gasteiger partial charge >= 0.3 is 6.18 Å². The van der Waals surface area contributed by atoms with Crippen molar-refractivity contribution in [2.45, 2.75) is 13.1 Å². The van der Waals surface area contributed by atoms with E-state index in [0.29, 0.717) is 48.1 Å². The summed E-state index contributed by atoms with van der Waals surface area (Å²) in [4.78, 5) is 34.2. The van der Waals surface area contributed by atoms with Gasteiger partial charge in [0.25, 0.3) is 11.8 Å². The van der Waals surface area contributed by atoms with Gasteiger partial charge in [-0.25, -0.2) is 4.98 Å². The number of aryl methyl sites for hydroxylation is 1. The number of anilines is 1. The smallest absolute Gasteiger partial charge is 0.378 e. The van der Waals surface area contributed by atoms with Gasteiger partial charge in [0, 0.05) is 19.3 Å². The Morgan fingerprint density at radius 1 is 1.18 bits per heavy atom. The third kappa shape index (κ3) is 4.57. The molecule has 3 heterocycles. The third-order valence-electron chi connectivity index (χ3n) is 3.88. The lowest BCUT2D eigenvalue weighted by atomic mass is 10.2. The number of ether oxygens (including phenoxy) is 1. The first-order valence-electron chi connectivity index (χ1n) is 8.20. The number of thiazole rings is 1. The van der Waals surface area contributed by atoms with Crippen molar-refractivity contribution >= 4 is 28.3 Å². The van der Waals surface area contributed by atoms with Gasteiger partial charge in [0.1, 0.15) is 10.6 Å². The minimum Gasteiger partial charge on any atom is -0.378 e. The molecule has 2 N–H and O–H groups in total. The maximum absolute atomic E-state index is 12.5. The summed E-state index contributed by atoms with van der Waals surface area (Å²) in [6.45, 7) is 4.18. The molecule has 0 aliphatic carbocycles. The van der Waals surface area contributed by atoms with E-state index in [2.05, 4.69) is 20.8 Å². The van der Waals surface area contributed by atoms with Crippen LogP contribution in [0, 0.1) is 6.92 Å². The van der Waals surface area contributed by atoms with E-state index in [1.165, 1.54) is 11.3 Å². The van der Waals surface area contributed by atoms with E-state index in [4.69, 9.17) is 4.74 Å². The van der Waals surface area contributed by atoms with Crippen molar-refractivity contribution in [1.82, 2.24) is 20.8 Å². The maximum Gasteiger partial charge on any atom is 0.433 e. The summed E-state index contributed by atoms with van der Waals surface area (Å²) in [6.07, 6.45) is -3.80. The van der Waals surface area contributed by atoms with Crippen molar-refractivity contribution in [3.8, 4) is 0 Å². The van der Waals surface area contributed by atoms with E-state index in [1.807, 2.05) is 4.90 Å². The number of carbonyl (C=O) groups is 2. The Kier molecular flexibility index (Phi) is 5.79. The first-order chi connectivity index (χ1) is 13.3. The number of nitrogens with one attached hydrogen (secondary N) is 2. The van der Waals surface area contributed by atoms with Crippen molar-refractivity contribution in [2.75, 3.05) is 31.2 Å². The lowest BCUT2D eigenvalue weighted by Gasteiger charge is -2.25. The summed E-state index contributed by atoms with van der Waals surface area (Å²) >= 11 is 1.18. The zero-order valence-electron chi connectivity index (χ0n) is 14.7. The normalized spacial score (nSPS) is 14.6. The molecule has 28 heavy (non-hydrogen) atoms. The van der Waals surface area contributed by atoms with Crippen LogP contribution in [0.3, 0.4) is 0 Å². The topological polar surface area (TPSA) is 96.5 Å². The number of aromatic nitrogens is 2. The van der Waals surface area contributed by atoms with Crippen molar-refractivity contribution in [3.63, 3.8) is 0 Å². The lowest BCUT2D eigenvalue weighted by Crippen LogP contribution is -2.41. The standard InChI is InChI=1S/C16H16F3N5O3S/c1-9-12(28-15(21-9)24-4-6-27-7-5-24)14(26)23-22-13(25)10-2-3-11(20-8-10)16(17,18)19/h2-3,8H,4-7H2,1H3,(H,22,25)(H,23,26). The van der Waals surface area contributed by atoms with Crippen LogP contribution in [0.15, 0.2) is 18.3 Å². The Morgan fingerprint density at radius 2 is 1.86 bits per heavy atom. The highest BCUT2D eigenvalue weighted by atomic mass is 32.1. The average Bonchev–Trinajstić information content (AvgIpc) is 3.08. The third-order valence-corrected chi connectivity index (χ3v) is 5.10. The fraction of sp³-hybridized carbons (Fsp3) is 0.375. The molecule has 8 nitrogen and oxygen atoms in total. The fourth-order valence-corrected chi connectivity index (χ4v) is 3.43. The van der Waals surface area contributed by atoms with E-state index in [1.54, 1.807) is 6.92 Å². The largest absolute Gasteiger partial charge is 0.433 e. The number of halogens is 3. The summed E-state index contributed by atoms with van der Waals surface area (Å²) in [6, 6.07) is 1.67. The van der Waals surface area contributed by atoms with Crippen LogP contribution in [0.2, 0.25) is 0 Å². The molecule has 1 saturated heterocycles. The van der Waals surface area contributed by atoms with Crippen LogP contribution in [-0.4, -0.2) is 48.1 Å².